The summed E-state index contributed by atoms with van der Waals surface area (Å²) in [5, 5.41) is 8.13. The predicted octanol–water partition coefficient (Wildman–Crippen LogP) is 2.90. The Morgan fingerprint density at radius 3 is 2.47 bits per heavy atom. The largest absolute Gasteiger partial charge is 0.475 e. The molecule has 3 nitrogen and oxygen atoms in total. The predicted molar refractivity (Wildman–Crippen MR) is 51.8 cm³/mol. The zero-order chi connectivity index (χ0) is 11.9. The van der Waals surface area contributed by atoms with Crippen LogP contribution in [-0.2, 0) is 9.53 Å². The molecular weight excluding hydrogens is 206 g/mol. The van der Waals surface area contributed by atoms with Crippen LogP contribution >= 0.6 is 0 Å². The molecular formula is C10H18F2O3. The van der Waals surface area contributed by atoms with Crippen molar-refractivity contribution in [1.82, 2.24) is 0 Å². The summed E-state index contributed by atoms with van der Waals surface area (Å²) in [6.45, 7) is 3.69. The summed E-state index contributed by atoms with van der Waals surface area (Å²) in [5.74, 6) is -2.22. The maximum absolute atomic E-state index is 12.5. The van der Waals surface area contributed by atoms with Gasteiger partial charge in [0.05, 0.1) is 6.61 Å². The van der Waals surface area contributed by atoms with Crippen molar-refractivity contribution in [3.63, 3.8) is 0 Å². The van der Waals surface area contributed by atoms with Gasteiger partial charge in [0.25, 0.3) is 0 Å². The topological polar surface area (TPSA) is 46.5 Å². The Hall–Kier alpha value is -0.710. The van der Waals surface area contributed by atoms with E-state index in [1.165, 1.54) is 0 Å². The van der Waals surface area contributed by atoms with Crippen molar-refractivity contribution in [3.05, 3.63) is 0 Å². The Morgan fingerprint density at radius 2 is 2.07 bits per heavy atom. The molecule has 0 amide bonds. The van der Waals surface area contributed by atoms with Crippen LogP contribution in [0.25, 0.3) is 0 Å². The third kappa shape index (κ3) is 5.67. The lowest BCUT2D eigenvalue weighted by atomic mass is 10.0. The van der Waals surface area contributed by atoms with Crippen LogP contribution in [0.2, 0.25) is 0 Å². The highest BCUT2D eigenvalue weighted by atomic mass is 19.3. The quantitative estimate of drug-likeness (QED) is 0.689. The maximum Gasteiger partial charge on any atom is 0.455 e. The lowest BCUT2D eigenvalue weighted by Crippen LogP contribution is -2.33. The first kappa shape index (κ1) is 14.3. The molecule has 0 rings (SSSR count). The number of halogens is 2. The molecule has 1 atom stereocenters. The molecule has 1 N–H and O–H groups in total. The Morgan fingerprint density at radius 1 is 1.47 bits per heavy atom. The molecule has 0 aliphatic carbocycles. The van der Waals surface area contributed by atoms with Gasteiger partial charge in [-0.05, 0) is 12.3 Å². The number of ether oxygens (including phenoxy) is 1. The van der Waals surface area contributed by atoms with E-state index >= 15 is 0 Å². The van der Waals surface area contributed by atoms with Crippen LogP contribution in [0.3, 0.4) is 0 Å². The third-order valence-electron chi connectivity index (χ3n) is 2.29. The van der Waals surface area contributed by atoms with Gasteiger partial charge in [0, 0.05) is 0 Å². The van der Waals surface area contributed by atoms with Crippen molar-refractivity contribution in [2.75, 3.05) is 6.61 Å². The summed E-state index contributed by atoms with van der Waals surface area (Å²) in [6, 6.07) is 0. The zero-order valence-electron chi connectivity index (χ0n) is 9.13. The number of hydrogen-bond donors (Lipinski definition) is 1. The van der Waals surface area contributed by atoms with E-state index in [1.807, 2.05) is 13.8 Å². The van der Waals surface area contributed by atoms with Crippen LogP contribution in [0.1, 0.15) is 39.5 Å². The third-order valence-corrected chi connectivity index (χ3v) is 2.29. The van der Waals surface area contributed by atoms with E-state index in [2.05, 4.69) is 4.74 Å². The fraction of sp³-hybridized carbons (Fsp3) is 0.900. The van der Waals surface area contributed by atoms with Crippen molar-refractivity contribution in [1.29, 1.82) is 0 Å². The van der Waals surface area contributed by atoms with Gasteiger partial charge < -0.3 is 9.84 Å². The Balaban J connectivity index is 3.94. The van der Waals surface area contributed by atoms with Gasteiger partial charge in [-0.25, -0.2) is 4.79 Å². The number of aliphatic carboxylic acids is 1. The molecule has 0 heterocycles. The van der Waals surface area contributed by atoms with Gasteiger partial charge in [0.2, 0.25) is 0 Å². The number of rotatable bonds is 8. The van der Waals surface area contributed by atoms with Gasteiger partial charge in [-0.2, -0.15) is 8.78 Å². The molecule has 0 aromatic carbocycles. The Bertz CT molecular complexity index is 195. The van der Waals surface area contributed by atoms with E-state index in [4.69, 9.17) is 5.11 Å². The van der Waals surface area contributed by atoms with E-state index in [-0.39, 0.29) is 12.5 Å². The monoisotopic (exact) mass is 224 g/mol. The van der Waals surface area contributed by atoms with Crippen LogP contribution in [0, 0.1) is 5.92 Å². The van der Waals surface area contributed by atoms with Gasteiger partial charge in [-0.15, -0.1) is 0 Å². The number of hydrogen-bond acceptors (Lipinski definition) is 2. The lowest BCUT2D eigenvalue weighted by molar-refractivity contribution is -0.249. The van der Waals surface area contributed by atoms with Gasteiger partial charge in [0.1, 0.15) is 0 Å². The van der Waals surface area contributed by atoms with E-state index in [1.54, 1.807) is 0 Å². The molecule has 0 saturated heterocycles. The molecule has 0 saturated carbocycles. The number of unbranched alkanes of at least 4 members (excludes halogenated alkanes) is 1. The second-order valence-electron chi connectivity index (χ2n) is 3.55. The fourth-order valence-corrected chi connectivity index (χ4v) is 1.18. The standard InChI is InChI=1S/C10H18F2O3/c1-3-5-6-8(4-2)7-15-10(11,12)9(13)14/h8H,3-7H2,1-2H3,(H,13,14). The van der Waals surface area contributed by atoms with Crippen LogP contribution in [0.15, 0.2) is 0 Å². The van der Waals surface area contributed by atoms with E-state index in [9.17, 15) is 13.6 Å². The van der Waals surface area contributed by atoms with Gasteiger partial charge in [0.15, 0.2) is 0 Å². The van der Waals surface area contributed by atoms with E-state index in [0.717, 1.165) is 25.7 Å². The lowest BCUT2D eigenvalue weighted by Gasteiger charge is -2.17. The van der Waals surface area contributed by atoms with Gasteiger partial charge >= 0.3 is 12.1 Å². The van der Waals surface area contributed by atoms with Crippen molar-refractivity contribution in [3.8, 4) is 0 Å². The molecule has 15 heavy (non-hydrogen) atoms. The van der Waals surface area contributed by atoms with Crippen molar-refractivity contribution >= 4 is 5.97 Å². The molecule has 0 aromatic heterocycles. The average Bonchev–Trinajstić information content (AvgIpc) is 2.18. The minimum Gasteiger partial charge on any atom is -0.475 e. The van der Waals surface area contributed by atoms with Crippen LogP contribution in [0.5, 0.6) is 0 Å². The molecule has 90 valence electrons. The minimum atomic E-state index is -4.06. The second kappa shape index (κ2) is 6.71. The minimum absolute atomic E-state index is 0.00942. The normalized spacial score (nSPS) is 13.9. The molecule has 0 aliphatic rings. The van der Waals surface area contributed by atoms with Crippen LogP contribution < -0.4 is 0 Å². The zero-order valence-corrected chi connectivity index (χ0v) is 9.13. The molecule has 1 unspecified atom stereocenters. The number of alkyl halides is 2. The average molecular weight is 224 g/mol. The number of carboxylic acids is 1. The molecule has 0 bridgehead atoms. The number of carboxylic acid groups (broad SMARTS) is 1. The highest BCUT2D eigenvalue weighted by Crippen LogP contribution is 2.20. The first-order valence-corrected chi connectivity index (χ1v) is 5.19. The van der Waals surface area contributed by atoms with Gasteiger partial charge in [-0.3, -0.25) is 0 Å². The van der Waals surface area contributed by atoms with Crippen LogP contribution in [-0.4, -0.2) is 23.8 Å². The SMILES string of the molecule is CCCCC(CC)COC(F)(F)C(=O)O. The van der Waals surface area contributed by atoms with Crippen LogP contribution in [0.4, 0.5) is 8.78 Å². The molecule has 0 aromatic rings. The summed E-state index contributed by atoms with van der Waals surface area (Å²) in [6.07, 6.45) is -0.607. The molecule has 5 heteroatoms. The highest BCUT2D eigenvalue weighted by molar-refractivity contribution is 5.73. The van der Waals surface area contributed by atoms with E-state index in [0.29, 0.717) is 0 Å². The summed E-state index contributed by atoms with van der Waals surface area (Å²) in [5.41, 5.74) is 0. The van der Waals surface area contributed by atoms with Crippen molar-refractivity contribution in [2.24, 2.45) is 5.92 Å². The summed E-state index contributed by atoms with van der Waals surface area (Å²) >= 11 is 0. The first-order valence-electron chi connectivity index (χ1n) is 5.19. The first-order chi connectivity index (χ1) is 6.94. The molecule has 0 aliphatic heterocycles. The summed E-state index contributed by atoms with van der Waals surface area (Å²) in [7, 11) is 0. The molecule has 0 fully saturated rings. The Kier molecular flexibility index (Phi) is 6.40. The smallest absolute Gasteiger partial charge is 0.455 e. The maximum atomic E-state index is 12.5. The molecule has 0 radical (unpaired) electrons. The van der Waals surface area contributed by atoms with Gasteiger partial charge in [-0.1, -0.05) is 33.1 Å². The summed E-state index contributed by atoms with van der Waals surface area (Å²) < 4.78 is 29.2. The summed E-state index contributed by atoms with van der Waals surface area (Å²) in [4.78, 5) is 10.1. The van der Waals surface area contributed by atoms with E-state index < -0.39 is 12.1 Å². The molecule has 0 spiro atoms. The second-order valence-corrected chi connectivity index (χ2v) is 3.55. The van der Waals surface area contributed by atoms with Crippen molar-refractivity contribution < 1.29 is 23.4 Å². The van der Waals surface area contributed by atoms with Crippen molar-refractivity contribution in [2.45, 2.75) is 45.6 Å². The number of carbonyl (C=O) groups is 1. The fourth-order valence-electron chi connectivity index (χ4n) is 1.18. The Labute approximate surface area is 88.4 Å². The highest BCUT2D eigenvalue weighted by Gasteiger charge is 2.40.